The number of nitrogens with zero attached hydrogens (tertiary/aromatic N) is 1. The Bertz CT molecular complexity index is 486. The maximum atomic E-state index is 12.0. The van der Waals surface area contributed by atoms with Crippen LogP contribution in [0.4, 0.5) is 4.79 Å². The van der Waals surface area contributed by atoms with Gasteiger partial charge in [-0.15, -0.1) is 0 Å². The van der Waals surface area contributed by atoms with Crippen molar-refractivity contribution in [2.75, 3.05) is 7.05 Å². The molecule has 0 radical (unpaired) electrons. The minimum Gasteiger partial charge on any atom is -0.480 e. The van der Waals surface area contributed by atoms with Gasteiger partial charge in [-0.25, -0.2) is 9.59 Å². The van der Waals surface area contributed by atoms with Gasteiger partial charge in [0.25, 0.3) is 0 Å². The van der Waals surface area contributed by atoms with Crippen LogP contribution in [0.5, 0.6) is 0 Å². The van der Waals surface area contributed by atoms with Crippen molar-refractivity contribution in [3.63, 3.8) is 0 Å². The van der Waals surface area contributed by atoms with Crippen LogP contribution in [0, 0.1) is 12.8 Å². The third-order valence-electron chi connectivity index (χ3n) is 3.23. The van der Waals surface area contributed by atoms with Crippen molar-refractivity contribution < 1.29 is 14.7 Å². The van der Waals surface area contributed by atoms with Crippen molar-refractivity contribution in [1.82, 2.24) is 10.2 Å². The number of nitrogens with one attached hydrogen (secondary N) is 1. The Morgan fingerprint density at radius 1 is 1.30 bits per heavy atom. The van der Waals surface area contributed by atoms with Crippen LogP contribution < -0.4 is 5.32 Å². The second-order valence-electron chi connectivity index (χ2n) is 5.29. The lowest BCUT2D eigenvalue weighted by molar-refractivity contribution is -0.140. The van der Waals surface area contributed by atoms with Crippen LogP contribution in [0.1, 0.15) is 25.0 Å². The average Bonchev–Trinajstić information content (AvgIpc) is 2.37. The lowest BCUT2D eigenvalue weighted by Gasteiger charge is -2.23. The molecule has 0 aliphatic rings. The molecule has 20 heavy (non-hydrogen) atoms. The smallest absolute Gasteiger partial charge is 0.326 e. The van der Waals surface area contributed by atoms with Crippen LogP contribution in [0.25, 0.3) is 0 Å². The molecule has 0 aliphatic heterocycles. The van der Waals surface area contributed by atoms with Crippen LogP contribution in [-0.4, -0.2) is 35.1 Å². The maximum absolute atomic E-state index is 12.0. The van der Waals surface area contributed by atoms with E-state index in [9.17, 15) is 9.59 Å². The number of urea groups is 1. The number of rotatable bonds is 5. The van der Waals surface area contributed by atoms with Gasteiger partial charge in [0.1, 0.15) is 6.04 Å². The fourth-order valence-electron chi connectivity index (χ4n) is 1.87. The molecule has 0 bridgehead atoms. The van der Waals surface area contributed by atoms with Gasteiger partial charge in [0.05, 0.1) is 0 Å². The summed E-state index contributed by atoms with van der Waals surface area (Å²) in [6.07, 6.45) is 0. The van der Waals surface area contributed by atoms with Crippen molar-refractivity contribution in [2.24, 2.45) is 5.92 Å². The quantitative estimate of drug-likeness (QED) is 0.868. The summed E-state index contributed by atoms with van der Waals surface area (Å²) in [5.41, 5.74) is 2.15. The molecule has 110 valence electrons. The van der Waals surface area contributed by atoms with Crippen LogP contribution in [-0.2, 0) is 11.3 Å². The minimum absolute atomic E-state index is 0.164. The van der Waals surface area contributed by atoms with E-state index in [0.717, 1.165) is 11.1 Å². The van der Waals surface area contributed by atoms with Gasteiger partial charge in [0.15, 0.2) is 0 Å². The van der Waals surface area contributed by atoms with Gasteiger partial charge in [0.2, 0.25) is 0 Å². The second kappa shape index (κ2) is 6.93. The number of amides is 2. The minimum atomic E-state index is -1.02. The topological polar surface area (TPSA) is 69.6 Å². The Balaban J connectivity index is 2.68. The normalized spacial score (nSPS) is 12.1. The predicted octanol–water partition coefficient (Wildman–Crippen LogP) is 2.25. The van der Waals surface area contributed by atoms with E-state index >= 15 is 0 Å². The second-order valence-corrected chi connectivity index (χ2v) is 5.29. The largest absolute Gasteiger partial charge is 0.480 e. The molecule has 0 unspecified atom stereocenters. The molecule has 0 saturated heterocycles. The molecule has 0 aliphatic carbocycles. The number of aryl methyl sites for hydroxylation is 1. The van der Waals surface area contributed by atoms with Crippen LogP contribution >= 0.6 is 0 Å². The lowest BCUT2D eigenvalue weighted by Crippen LogP contribution is -2.48. The predicted molar refractivity (Wildman–Crippen MR) is 77.4 cm³/mol. The molecule has 0 saturated carbocycles. The first-order valence-electron chi connectivity index (χ1n) is 6.62. The molecule has 0 aromatic heterocycles. The fraction of sp³-hybridized carbons (Fsp3) is 0.467. The number of hydrogen-bond acceptors (Lipinski definition) is 2. The molecular formula is C15H22N2O3. The summed E-state index contributed by atoms with van der Waals surface area (Å²) in [7, 11) is 1.65. The summed E-state index contributed by atoms with van der Waals surface area (Å²) in [5.74, 6) is -1.18. The van der Waals surface area contributed by atoms with Gasteiger partial charge in [-0.2, -0.15) is 0 Å². The number of benzene rings is 1. The van der Waals surface area contributed by atoms with E-state index < -0.39 is 12.0 Å². The molecular weight excluding hydrogens is 256 g/mol. The van der Waals surface area contributed by atoms with Crippen molar-refractivity contribution in [1.29, 1.82) is 0 Å². The first-order chi connectivity index (χ1) is 9.32. The summed E-state index contributed by atoms with van der Waals surface area (Å²) < 4.78 is 0. The van der Waals surface area contributed by atoms with Gasteiger partial charge in [0, 0.05) is 13.6 Å². The van der Waals surface area contributed by atoms with E-state index in [1.54, 1.807) is 20.9 Å². The SMILES string of the molecule is Cc1ccccc1CN(C)C(=O)N[C@H](C(=O)O)C(C)C. The highest BCUT2D eigenvalue weighted by Crippen LogP contribution is 2.10. The van der Waals surface area contributed by atoms with E-state index in [1.165, 1.54) is 4.90 Å². The number of carbonyl (C=O) groups excluding carboxylic acids is 1. The number of aliphatic carboxylic acids is 1. The fourth-order valence-corrected chi connectivity index (χ4v) is 1.87. The van der Waals surface area contributed by atoms with Crippen molar-refractivity contribution >= 4 is 12.0 Å². The lowest BCUT2D eigenvalue weighted by atomic mass is 10.1. The molecule has 5 nitrogen and oxygen atoms in total. The summed E-state index contributed by atoms with van der Waals surface area (Å²) in [5, 5.41) is 11.6. The third kappa shape index (κ3) is 4.26. The molecule has 2 amide bonds. The zero-order chi connectivity index (χ0) is 15.3. The Morgan fingerprint density at radius 2 is 1.90 bits per heavy atom. The van der Waals surface area contributed by atoms with Crippen LogP contribution in [0.3, 0.4) is 0 Å². The van der Waals surface area contributed by atoms with Crippen LogP contribution in [0.15, 0.2) is 24.3 Å². The Hall–Kier alpha value is -2.04. The number of carbonyl (C=O) groups is 2. The van der Waals surface area contributed by atoms with Gasteiger partial charge < -0.3 is 15.3 Å². The first kappa shape index (κ1) is 16.0. The maximum Gasteiger partial charge on any atom is 0.326 e. The zero-order valence-electron chi connectivity index (χ0n) is 12.4. The molecule has 5 heteroatoms. The van der Waals surface area contributed by atoms with E-state index in [1.807, 2.05) is 31.2 Å². The Kier molecular flexibility index (Phi) is 5.55. The Morgan fingerprint density at radius 3 is 2.40 bits per heavy atom. The number of carboxylic acids is 1. The number of carboxylic acid groups (broad SMARTS) is 1. The summed E-state index contributed by atoms with van der Waals surface area (Å²) in [4.78, 5) is 24.6. The van der Waals surface area contributed by atoms with Crippen molar-refractivity contribution in [3.8, 4) is 0 Å². The summed E-state index contributed by atoms with van der Waals surface area (Å²) >= 11 is 0. The van der Waals surface area contributed by atoms with E-state index in [4.69, 9.17) is 5.11 Å². The van der Waals surface area contributed by atoms with Crippen molar-refractivity contribution in [2.45, 2.75) is 33.4 Å². The first-order valence-corrected chi connectivity index (χ1v) is 6.62. The number of hydrogen-bond donors (Lipinski definition) is 2. The van der Waals surface area contributed by atoms with Gasteiger partial charge >= 0.3 is 12.0 Å². The molecule has 1 aromatic carbocycles. The summed E-state index contributed by atoms with van der Waals surface area (Å²) in [6, 6.07) is 6.54. The molecule has 2 N–H and O–H groups in total. The highest BCUT2D eigenvalue weighted by Gasteiger charge is 2.24. The van der Waals surface area contributed by atoms with Crippen LogP contribution in [0.2, 0.25) is 0 Å². The highest BCUT2D eigenvalue weighted by atomic mass is 16.4. The van der Waals surface area contributed by atoms with E-state index in [0.29, 0.717) is 6.54 Å². The van der Waals surface area contributed by atoms with Gasteiger partial charge in [-0.05, 0) is 24.0 Å². The van der Waals surface area contributed by atoms with Crippen molar-refractivity contribution in [3.05, 3.63) is 35.4 Å². The van der Waals surface area contributed by atoms with Gasteiger partial charge in [-0.3, -0.25) is 0 Å². The molecule has 0 fully saturated rings. The molecule has 1 atom stereocenters. The van der Waals surface area contributed by atoms with Gasteiger partial charge in [-0.1, -0.05) is 38.1 Å². The molecule has 0 spiro atoms. The highest BCUT2D eigenvalue weighted by molar-refractivity contribution is 5.82. The third-order valence-corrected chi connectivity index (χ3v) is 3.23. The molecule has 1 rings (SSSR count). The zero-order valence-corrected chi connectivity index (χ0v) is 12.4. The average molecular weight is 278 g/mol. The summed E-state index contributed by atoms with van der Waals surface area (Å²) in [6.45, 7) is 5.96. The van der Waals surface area contributed by atoms with E-state index in [2.05, 4.69) is 5.32 Å². The molecule has 1 aromatic rings. The Labute approximate surface area is 119 Å². The molecule has 0 heterocycles. The van der Waals surface area contributed by atoms with E-state index in [-0.39, 0.29) is 11.9 Å². The monoisotopic (exact) mass is 278 g/mol. The standard InChI is InChI=1S/C15H22N2O3/c1-10(2)13(14(18)19)16-15(20)17(4)9-12-8-6-5-7-11(12)3/h5-8,10,13H,9H2,1-4H3,(H,16,20)(H,18,19)/t13-/m0/s1.